The highest BCUT2D eigenvalue weighted by molar-refractivity contribution is 9.11. The fourth-order valence-corrected chi connectivity index (χ4v) is 9.98. The molecular weight excluding hydrogens is 878 g/mol. The predicted molar refractivity (Wildman–Crippen MR) is 229 cm³/mol. The molecule has 13 nitrogen and oxygen atoms in total. The van der Waals surface area contributed by atoms with Crippen LogP contribution in [-0.2, 0) is 27.8 Å². The number of halogens is 2. The van der Waals surface area contributed by atoms with Crippen LogP contribution in [0.1, 0.15) is 61.6 Å². The number of nitrogens with two attached hydrogens (primary N) is 1. The summed E-state index contributed by atoms with van der Waals surface area (Å²) < 4.78 is 31.1. The third-order valence-corrected chi connectivity index (χ3v) is 13.7. The molecule has 0 bridgehead atoms. The van der Waals surface area contributed by atoms with E-state index in [0.717, 1.165) is 63.7 Å². The maximum absolute atomic E-state index is 14.0. The molecule has 3 aromatic carbocycles. The molecule has 4 aliphatic rings. The van der Waals surface area contributed by atoms with Crippen LogP contribution in [0.2, 0.25) is 0 Å². The molecule has 3 aromatic rings. The van der Waals surface area contributed by atoms with Crippen LogP contribution in [-0.4, -0.2) is 114 Å². The number of carbonyl (C=O) groups excluding carboxylic acids is 3. The second-order valence-electron chi connectivity index (χ2n) is 15.4. The molecule has 3 saturated heterocycles. The Morgan fingerprint density at radius 1 is 0.860 bits per heavy atom. The van der Waals surface area contributed by atoms with Crippen molar-refractivity contribution in [3.05, 3.63) is 86.3 Å². The Balaban J connectivity index is 0.000000432. The van der Waals surface area contributed by atoms with Crippen molar-refractivity contribution in [3.63, 3.8) is 0 Å². The van der Waals surface area contributed by atoms with E-state index in [9.17, 15) is 22.8 Å². The summed E-state index contributed by atoms with van der Waals surface area (Å²) in [5.41, 5.74) is 10.6. The third-order valence-electron chi connectivity index (χ3n) is 11.5. The number of nitrogens with one attached hydrogen (secondary N) is 2. The number of fused-ring (bicyclic) bond motifs is 1. The van der Waals surface area contributed by atoms with Gasteiger partial charge < -0.3 is 36.0 Å². The monoisotopic (exact) mass is 929 g/mol. The van der Waals surface area contributed by atoms with Crippen molar-refractivity contribution in [2.75, 3.05) is 56.9 Å². The molecule has 0 saturated carbocycles. The number of carbonyl (C=O) groups is 3. The highest BCUT2D eigenvalue weighted by Gasteiger charge is 2.35. The Labute approximate surface area is 352 Å². The topological polar surface area (TPSA) is 169 Å². The van der Waals surface area contributed by atoms with Crippen LogP contribution < -0.4 is 16.4 Å². The Bertz CT molecular complexity index is 1980. The van der Waals surface area contributed by atoms with Crippen LogP contribution in [0.15, 0.2) is 74.5 Å². The van der Waals surface area contributed by atoms with Gasteiger partial charge in [-0.15, -0.1) is 0 Å². The summed E-state index contributed by atoms with van der Waals surface area (Å²) >= 11 is 7.06. The number of aryl methyl sites for hydroxylation is 1. The molecule has 16 heteroatoms. The third kappa shape index (κ3) is 11.3. The molecule has 0 aliphatic carbocycles. The number of hydrogen-bond acceptors (Lipinski definition) is 7. The number of nitrogen functional groups attached to an aromatic ring is 1. The van der Waals surface area contributed by atoms with Crippen molar-refractivity contribution < 1.29 is 27.4 Å². The molecular formula is C41H53Br2N7O6S. The van der Waals surface area contributed by atoms with Crippen LogP contribution in [0, 0.1) is 6.92 Å². The van der Waals surface area contributed by atoms with Crippen LogP contribution in [0.25, 0.3) is 0 Å². The quantitative estimate of drug-likeness (QED) is 0.150. The second-order valence-corrected chi connectivity index (χ2v) is 18.5. The van der Waals surface area contributed by atoms with Gasteiger partial charge in [-0.25, -0.2) is 9.59 Å². The van der Waals surface area contributed by atoms with Crippen molar-refractivity contribution >= 4 is 71.3 Å². The van der Waals surface area contributed by atoms with E-state index < -0.39 is 16.2 Å². The molecule has 5 amide bonds. The summed E-state index contributed by atoms with van der Waals surface area (Å²) in [5.74, 6) is -0.0368. The van der Waals surface area contributed by atoms with E-state index >= 15 is 0 Å². The number of urea groups is 2. The van der Waals surface area contributed by atoms with Gasteiger partial charge in [-0.05, 0) is 138 Å². The largest absolute Gasteiger partial charge is 0.397 e. The van der Waals surface area contributed by atoms with E-state index in [1.165, 1.54) is 31.4 Å². The minimum atomic E-state index is -4.02. The molecule has 4 aliphatic heterocycles. The highest BCUT2D eigenvalue weighted by atomic mass is 79.9. The van der Waals surface area contributed by atoms with Gasteiger partial charge in [-0.3, -0.25) is 9.35 Å². The van der Waals surface area contributed by atoms with Gasteiger partial charge in [0, 0.05) is 65.9 Å². The number of anilines is 2. The predicted octanol–water partition coefficient (Wildman–Crippen LogP) is 6.69. The maximum atomic E-state index is 14.0. The van der Waals surface area contributed by atoms with E-state index in [0.29, 0.717) is 63.7 Å². The first-order valence-electron chi connectivity index (χ1n) is 19.8. The number of amides is 5. The van der Waals surface area contributed by atoms with Crippen molar-refractivity contribution in [1.29, 1.82) is 0 Å². The average Bonchev–Trinajstić information content (AvgIpc) is 3.38. The zero-order chi connectivity index (χ0) is 40.7. The van der Waals surface area contributed by atoms with E-state index in [1.54, 1.807) is 17.0 Å². The maximum Gasteiger partial charge on any atom is 0.322 e. The standard InChI is InChI=1S/C34H45Br2N7O3.C7H8O3S/c35-27-20-23(21-28(36)31(27)37)22-30(32(44)41-15-9-25(10-16-41)40-13-4-1-5-14-40)39-33(45)42-17-11-26(12-18-42)43-19-8-24-6-2-3-7-29(24)38-34(43)46;1-6-2-4-7(5-3-6)11(8,9)10/h2-3,6-7,20-21,25-26,30H,1,4-5,8-19,22,37H2,(H,38,46)(H,39,45);2-5H,1H3,(H,8,9,10)/t30-;/m1./s1. The van der Waals surface area contributed by atoms with E-state index in [-0.39, 0.29) is 28.9 Å². The minimum Gasteiger partial charge on any atom is -0.397 e. The SMILES string of the molecule is Cc1ccc(S(=O)(=O)O)cc1.Nc1c(Br)cc(C[C@@H](NC(=O)N2CCC(N3CCc4ccccc4NC3=O)CC2)C(=O)N2CCC(N3CCCCC3)CC2)cc1Br. The molecule has 0 spiro atoms. The van der Waals surface area contributed by atoms with E-state index in [4.69, 9.17) is 10.3 Å². The lowest BCUT2D eigenvalue weighted by molar-refractivity contribution is -0.135. The van der Waals surface area contributed by atoms with Crippen molar-refractivity contribution in [1.82, 2.24) is 24.9 Å². The smallest absolute Gasteiger partial charge is 0.322 e. The summed E-state index contributed by atoms with van der Waals surface area (Å²) in [6.07, 6.45) is 8.31. The number of likely N-dealkylation sites (tertiary alicyclic amines) is 3. The molecule has 0 radical (unpaired) electrons. The van der Waals surface area contributed by atoms with Gasteiger partial charge in [0.05, 0.1) is 10.6 Å². The fourth-order valence-electron chi connectivity index (χ4n) is 8.22. The molecule has 308 valence electrons. The number of benzene rings is 3. The minimum absolute atomic E-state index is 0.0368. The summed E-state index contributed by atoms with van der Waals surface area (Å²) in [6.45, 7) is 7.26. The van der Waals surface area contributed by atoms with Crippen LogP contribution in [0.3, 0.4) is 0 Å². The van der Waals surface area contributed by atoms with Gasteiger partial charge in [0.25, 0.3) is 10.1 Å². The van der Waals surface area contributed by atoms with E-state index in [1.807, 2.05) is 47.1 Å². The summed E-state index contributed by atoms with van der Waals surface area (Å²) in [6, 6.07) is 17.3. The normalized spacial score (nSPS) is 19.1. The second kappa shape index (κ2) is 19.4. The fraction of sp³-hybridized carbons (Fsp3) is 0.488. The Morgan fingerprint density at radius 3 is 2.09 bits per heavy atom. The molecule has 3 fully saturated rings. The van der Waals surface area contributed by atoms with Crippen LogP contribution in [0.4, 0.5) is 21.0 Å². The molecule has 0 unspecified atom stereocenters. The first kappa shape index (κ1) is 42.9. The number of piperidine rings is 3. The lowest BCUT2D eigenvalue weighted by Crippen LogP contribution is -2.57. The highest BCUT2D eigenvalue weighted by Crippen LogP contribution is 2.31. The molecule has 4 heterocycles. The van der Waals surface area contributed by atoms with E-state index in [2.05, 4.69) is 53.5 Å². The van der Waals surface area contributed by atoms with Gasteiger partial charge in [0.1, 0.15) is 6.04 Å². The zero-order valence-corrected chi connectivity index (χ0v) is 36.3. The zero-order valence-electron chi connectivity index (χ0n) is 32.3. The first-order valence-corrected chi connectivity index (χ1v) is 22.8. The van der Waals surface area contributed by atoms with Crippen molar-refractivity contribution in [3.8, 4) is 0 Å². The summed E-state index contributed by atoms with van der Waals surface area (Å²) in [7, 11) is -4.02. The van der Waals surface area contributed by atoms with Gasteiger partial charge in [0.15, 0.2) is 0 Å². The molecule has 1 atom stereocenters. The van der Waals surface area contributed by atoms with Gasteiger partial charge in [-0.2, -0.15) is 8.42 Å². The summed E-state index contributed by atoms with van der Waals surface area (Å²) in [5, 5.41) is 6.18. The lowest BCUT2D eigenvalue weighted by Gasteiger charge is -2.41. The van der Waals surface area contributed by atoms with Crippen LogP contribution >= 0.6 is 31.9 Å². The molecule has 57 heavy (non-hydrogen) atoms. The van der Waals surface area contributed by atoms with Crippen molar-refractivity contribution in [2.45, 2.75) is 87.7 Å². The van der Waals surface area contributed by atoms with Gasteiger partial charge in [-0.1, -0.05) is 42.3 Å². The number of para-hydroxylation sites is 1. The lowest BCUT2D eigenvalue weighted by atomic mass is 9.98. The number of rotatable bonds is 7. The Kier molecular flexibility index (Phi) is 14.6. The number of hydrogen-bond donors (Lipinski definition) is 4. The van der Waals surface area contributed by atoms with Gasteiger partial charge >= 0.3 is 12.1 Å². The Hall–Kier alpha value is -3.70. The molecule has 7 rings (SSSR count). The molecule has 0 aromatic heterocycles. The summed E-state index contributed by atoms with van der Waals surface area (Å²) in [4.78, 5) is 49.0. The van der Waals surface area contributed by atoms with Crippen LogP contribution in [0.5, 0.6) is 0 Å². The van der Waals surface area contributed by atoms with Gasteiger partial charge in [0.2, 0.25) is 5.91 Å². The average molecular weight is 932 g/mol. The van der Waals surface area contributed by atoms with Crippen molar-refractivity contribution in [2.24, 2.45) is 0 Å². The molecule has 5 N–H and O–H groups in total. The Morgan fingerprint density at radius 2 is 1.46 bits per heavy atom. The number of nitrogens with zero attached hydrogens (tertiary/aromatic N) is 4. The first-order chi connectivity index (χ1) is 27.3.